The van der Waals surface area contributed by atoms with Gasteiger partial charge in [0.15, 0.2) is 0 Å². The van der Waals surface area contributed by atoms with E-state index in [1.807, 2.05) is 0 Å². The average Bonchev–Trinajstić information content (AvgIpc) is 2.94. The number of carbonyl (C=O) groups is 2. The Morgan fingerprint density at radius 3 is 2.50 bits per heavy atom. The summed E-state index contributed by atoms with van der Waals surface area (Å²) in [7, 11) is 1.25. The summed E-state index contributed by atoms with van der Waals surface area (Å²) in [6.45, 7) is 0. The standard InChI is InChI=1S/C16H16F2N2O4/c1-24-20-14(10-4-11(17)7-12(18)5-10)8-15(21)19-13-3-2-9(6-13)16(22)23/h2-5,7,9,13H,6,8H2,1H3,(H,19,21)(H,22,23)/b20-14+. The number of oxime groups is 1. The third-order valence-electron chi connectivity index (χ3n) is 3.47. The van der Waals surface area contributed by atoms with Crippen molar-refractivity contribution in [3.63, 3.8) is 0 Å². The third kappa shape index (κ3) is 4.61. The van der Waals surface area contributed by atoms with E-state index in [-0.39, 0.29) is 24.1 Å². The van der Waals surface area contributed by atoms with Crippen molar-refractivity contribution in [3.8, 4) is 0 Å². The van der Waals surface area contributed by atoms with Crippen LogP contribution in [0.2, 0.25) is 0 Å². The van der Waals surface area contributed by atoms with Crippen molar-refractivity contribution >= 4 is 17.6 Å². The number of nitrogens with one attached hydrogen (secondary N) is 1. The van der Waals surface area contributed by atoms with Crippen LogP contribution in [-0.2, 0) is 14.4 Å². The van der Waals surface area contributed by atoms with Gasteiger partial charge in [0.1, 0.15) is 18.7 Å². The van der Waals surface area contributed by atoms with E-state index in [1.54, 1.807) is 6.08 Å². The van der Waals surface area contributed by atoms with Crippen molar-refractivity contribution in [2.45, 2.75) is 18.9 Å². The molecule has 2 atom stereocenters. The van der Waals surface area contributed by atoms with Crippen LogP contribution < -0.4 is 5.32 Å². The summed E-state index contributed by atoms with van der Waals surface area (Å²) < 4.78 is 26.6. The number of rotatable bonds is 6. The zero-order valence-corrected chi connectivity index (χ0v) is 12.8. The molecule has 0 radical (unpaired) electrons. The van der Waals surface area contributed by atoms with Gasteiger partial charge in [-0.2, -0.15) is 0 Å². The minimum Gasteiger partial charge on any atom is -0.481 e. The largest absolute Gasteiger partial charge is 0.481 e. The van der Waals surface area contributed by atoms with Crippen LogP contribution >= 0.6 is 0 Å². The van der Waals surface area contributed by atoms with Gasteiger partial charge in [-0.15, -0.1) is 0 Å². The molecule has 1 aliphatic rings. The molecule has 1 amide bonds. The first-order valence-corrected chi connectivity index (χ1v) is 7.16. The second-order valence-electron chi connectivity index (χ2n) is 5.29. The average molecular weight is 338 g/mol. The Kier molecular flexibility index (Phi) is 5.62. The predicted molar refractivity (Wildman–Crippen MR) is 81.3 cm³/mol. The molecule has 6 nitrogen and oxygen atoms in total. The van der Waals surface area contributed by atoms with Gasteiger partial charge in [0.25, 0.3) is 0 Å². The summed E-state index contributed by atoms with van der Waals surface area (Å²) in [5.74, 6) is -3.65. The second-order valence-corrected chi connectivity index (χ2v) is 5.29. The van der Waals surface area contributed by atoms with E-state index in [1.165, 1.54) is 13.2 Å². The van der Waals surface area contributed by atoms with E-state index in [0.29, 0.717) is 6.07 Å². The molecule has 0 heterocycles. The van der Waals surface area contributed by atoms with Crippen molar-refractivity contribution in [2.24, 2.45) is 11.1 Å². The number of carbonyl (C=O) groups excluding carboxylic acids is 1. The van der Waals surface area contributed by atoms with Crippen molar-refractivity contribution in [1.82, 2.24) is 5.32 Å². The van der Waals surface area contributed by atoms with E-state index in [0.717, 1.165) is 12.1 Å². The second kappa shape index (κ2) is 7.67. The normalized spacial score (nSPS) is 20.0. The van der Waals surface area contributed by atoms with Gasteiger partial charge in [0.2, 0.25) is 5.91 Å². The number of carboxylic acid groups (broad SMARTS) is 1. The maximum absolute atomic E-state index is 13.3. The molecule has 0 spiro atoms. The maximum Gasteiger partial charge on any atom is 0.310 e. The summed E-state index contributed by atoms with van der Waals surface area (Å²) in [6.07, 6.45) is 3.11. The fourth-order valence-electron chi connectivity index (χ4n) is 2.42. The number of nitrogens with zero attached hydrogens (tertiary/aromatic N) is 1. The van der Waals surface area contributed by atoms with Crippen LogP contribution in [0.15, 0.2) is 35.5 Å². The minimum absolute atomic E-state index is 0.0603. The van der Waals surface area contributed by atoms with E-state index in [4.69, 9.17) is 5.11 Å². The lowest BCUT2D eigenvalue weighted by Gasteiger charge is -2.13. The Morgan fingerprint density at radius 1 is 1.29 bits per heavy atom. The molecule has 2 rings (SSSR count). The number of halogens is 2. The van der Waals surface area contributed by atoms with Gasteiger partial charge in [-0.05, 0) is 18.6 Å². The van der Waals surface area contributed by atoms with Gasteiger partial charge in [0, 0.05) is 17.7 Å². The Bertz CT molecular complexity index is 683. The molecular formula is C16H16F2N2O4. The number of hydrogen-bond donors (Lipinski definition) is 2. The van der Waals surface area contributed by atoms with Gasteiger partial charge >= 0.3 is 5.97 Å². The molecule has 24 heavy (non-hydrogen) atoms. The Morgan fingerprint density at radius 2 is 1.96 bits per heavy atom. The van der Waals surface area contributed by atoms with Gasteiger partial charge < -0.3 is 15.3 Å². The van der Waals surface area contributed by atoms with Crippen LogP contribution in [0.5, 0.6) is 0 Å². The monoisotopic (exact) mass is 338 g/mol. The van der Waals surface area contributed by atoms with Gasteiger partial charge in [-0.3, -0.25) is 9.59 Å². The maximum atomic E-state index is 13.3. The zero-order valence-electron chi connectivity index (χ0n) is 12.8. The summed E-state index contributed by atoms with van der Waals surface area (Å²) in [4.78, 5) is 27.6. The lowest BCUT2D eigenvalue weighted by molar-refractivity contribution is -0.140. The van der Waals surface area contributed by atoms with Crippen LogP contribution in [0, 0.1) is 17.6 Å². The highest BCUT2D eigenvalue weighted by Gasteiger charge is 2.25. The van der Waals surface area contributed by atoms with E-state index in [9.17, 15) is 18.4 Å². The van der Waals surface area contributed by atoms with E-state index < -0.39 is 35.5 Å². The van der Waals surface area contributed by atoms with Gasteiger partial charge in [-0.1, -0.05) is 17.3 Å². The summed E-state index contributed by atoms with van der Waals surface area (Å²) in [5.41, 5.74) is 0.153. The number of carboxylic acids is 1. The quantitative estimate of drug-likeness (QED) is 0.471. The highest BCUT2D eigenvalue weighted by atomic mass is 19.1. The Labute approximate surface area is 136 Å². The molecule has 1 aromatic carbocycles. The Hall–Kier alpha value is -2.77. The minimum atomic E-state index is -0.958. The zero-order chi connectivity index (χ0) is 17.7. The summed E-state index contributed by atoms with van der Waals surface area (Å²) in [5, 5.41) is 15.2. The molecule has 1 aliphatic carbocycles. The first kappa shape index (κ1) is 17.6. The molecule has 0 saturated heterocycles. The number of amides is 1. The molecule has 2 unspecified atom stereocenters. The number of aliphatic carboxylic acids is 1. The molecule has 1 aromatic rings. The summed E-state index contributed by atoms with van der Waals surface area (Å²) >= 11 is 0. The van der Waals surface area contributed by atoms with Crippen molar-refractivity contribution < 1.29 is 28.3 Å². The van der Waals surface area contributed by atoms with Crippen molar-refractivity contribution in [2.75, 3.05) is 7.11 Å². The number of hydrogen-bond acceptors (Lipinski definition) is 4. The van der Waals surface area contributed by atoms with Crippen LogP contribution in [0.4, 0.5) is 8.78 Å². The third-order valence-corrected chi connectivity index (χ3v) is 3.47. The first-order valence-electron chi connectivity index (χ1n) is 7.16. The molecule has 0 aromatic heterocycles. The van der Waals surface area contributed by atoms with Gasteiger partial charge in [-0.25, -0.2) is 8.78 Å². The van der Waals surface area contributed by atoms with Gasteiger partial charge in [0.05, 0.1) is 18.1 Å². The topological polar surface area (TPSA) is 88.0 Å². The highest BCUT2D eigenvalue weighted by Crippen LogP contribution is 2.18. The molecule has 8 heteroatoms. The molecule has 0 aliphatic heterocycles. The summed E-state index contributed by atoms with van der Waals surface area (Å²) in [6, 6.07) is 2.39. The van der Waals surface area contributed by atoms with Crippen LogP contribution in [0.25, 0.3) is 0 Å². The lowest BCUT2D eigenvalue weighted by atomic mass is 10.1. The van der Waals surface area contributed by atoms with Crippen LogP contribution in [0.3, 0.4) is 0 Å². The molecule has 0 fully saturated rings. The Balaban J connectivity index is 2.03. The van der Waals surface area contributed by atoms with Crippen molar-refractivity contribution in [3.05, 3.63) is 47.5 Å². The molecule has 2 N–H and O–H groups in total. The molecule has 128 valence electrons. The van der Waals surface area contributed by atoms with Crippen molar-refractivity contribution in [1.29, 1.82) is 0 Å². The van der Waals surface area contributed by atoms with E-state index in [2.05, 4.69) is 15.3 Å². The number of benzene rings is 1. The van der Waals surface area contributed by atoms with Crippen LogP contribution in [0.1, 0.15) is 18.4 Å². The molecular weight excluding hydrogens is 322 g/mol. The fourth-order valence-corrected chi connectivity index (χ4v) is 2.42. The molecule has 0 bridgehead atoms. The first-order chi connectivity index (χ1) is 11.4. The SMILES string of the molecule is CO/N=C(\CC(=O)NC1C=CC(C(=O)O)C1)c1cc(F)cc(F)c1. The lowest BCUT2D eigenvalue weighted by Crippen LogP contribution is -2.34. The van der Waals surface area contributed by atoms with Crippen LogP contribution in [-0.4, -0.2) is 35.8 Å². The molecule has 0 saturated carbocycles. The highest BCUT2D eigenvalue weighted by molar-refractivity contribution is 6.10. The predicted octanol–water partition coefficient (Wildman–Crippen LogP) is 1.85. The fraction of sp³-hybridized carbons (Fsp3) is 0.312. The van der Waals surface area contributed by atoms with E-state index >= 15 is 0 Å². The smallest absolute Gasteiger partial charge is 0.310 e.